The van der Waals surface area contributed by atoms with Crippen LogP contribution >= 0.6 is 0 Å². The first kappa shape index (κ1) is 12.6. The lowest BCUT2D eigenvalue weighted by Crippen LogP contribution is -2.26. The molecule has 0 aliphatic carbocycles. The molecule has 0 aliphatic rings. The van der Waals surface area contributed by atoms with E-state index in [2.05, 4.69) is 0 Å². The van der Waals surface area contributed by atoms with Gasteiger partial charge in [-0.05, 0) is 37.6 Å². The second kappa shape index (κ2) is 5.61. The van der Waals surface area contributed by atoms with Gasteiger partial charge >= 0.3 is 0 Å². The van der Waals surface area contributed by atoms with E-state index >= 15 is 0 Å². The van der Waals surface area contributed by atoms with Crippen LogP contribution in [0.1, 0.15) is 19.8 Å². The van der Waals surface area contributed by atoms with Crippen molar-refractivity contribution < 1.29 is 14.3 Å². The van der Waals surface area contributed by atoms with Crippen molar-refractivity contribution in [2.75, 3.05) is 11.9 Å². The summed E-state index contributed by atoms with van der Waals surface area (Å²) in [7, 11) is 1.64. The Morgan fingerprint density at radius 1 is 1.44 bits per heavy atom. The van der Waals surface area contributed by atoms with Gasteiger partial charge in [0, 0.05) is 19.2 Å². The van der Waals surface area contributed by atoms with Gasteiger partial charge in [0.05, 0.1) is 6.10 Å². The predicted molar refractivity (Wildman–Crippen MR) is 60.7 cm³/mol. The smallest absolute Gasteiger partial charge is 0.226 e. The van der Waals surface area contributed by atoms with E-state index in [1.807, 2.05) is 0 Å². The summed E-state index contributed by atoms with van der Waals surface area (Å²) in [5.74, 6) is -0.416. The SMILES string of the molecule is CC(O)CCC(=O)N(C)c1ccc(F)cc1. The highest BCUT2D eigenvalue weighted by Gasteiger charge is 2.11. The van der Waals surface area contributed by atoms with Crippen molar-refractivity contribution in [1.82, 2.24) is 0 Å². The molecular weight excluding hydrogens is 209 g/mol. The third-order valence-corrected chi connectivity index (χ3v) is 2.36. The van der Waals surface area contributed by atoms with Gasteiger partial charge in [-0.1, -0.05) is 0 Å². The lowest BCUT2D eigenvalue weighted by Gasteiger charge is -2.17. The van der Waals surface area contributed by atoms with Crippen molar-refractivity contribution in [2.24, 2.45) is 0 Å². The molecule has 1 N–H and O–H groups in total. The largest absolute Gasteiger partial charge is 0.393 e. The van der Waals surface area contributed by atoms with Crippen LogP contribution in [-0.2, 0) is 4.79 Å². The van der Waals surface area contributed by atoms with Crippen LogP contribution in [0.2, 0.25) is 0 Å². The molecule has 1 rings (SSSR count). The fourth-order valence-corrected chi connectivity index (χ4v) is 1.31. The maximum absolute atomic E-state index is 12.7. The molecule has 88 valence electrons. The molecule has 1 aromatic carbocycles. The molecule has 3 nitrogen and oxygen atoms in total. The van der Waals surface area contributed by atoms with Crippen molar-refractivity contribution in [3.63, 3.8) is 0 Å². The first-order valence-electron chi connectivity index (χ1n) is 5.21. The molecule has 0 aromatic heterocycles. The first-order valence-corrected chi connectivity index (χ1v) is 5.21. The predicted octanol–water partition coefficient (Wildman–Crippen LogP) is 1.95. The van der Waals surface area contributed by atoms with Gasteiger partial charge in [0.15, 0.2) is 0 Å². The first-order chi connectivity index (χ1) is 7.50. The number of carbonyl (C=O) groups excluding carboxylic acids is 1. The lowest BCUT2D eigenvalue weighted by atomic mass is 10.2. The van der Waals surface area contributed by atoms with Crippen LogP contribution in [0.3, 0.4) is 0 Å². The van der Waals surface area contributed by atoms with Gasteiger partial charge in [0.25, 0.3) is 0 Å². The van der Waals surface area contributed by atoms with Crippen molar-refractivity contribution >= 4 is 11.6 Å². The van der Waals surface area contributed by atoms with Gasteiger partial charge in [-0.25, -0.2) is 4.39 Å². The van der Waals surface area contributed by atoms with Crippen LogP contribution in [0.25, 0.3) is 0 Å². The van der Waals surface area contributed by atoms with E-state index in [1.54, 1.807) is 26.1 Å². The van der Waals surface area contributed by atoms with Gasteiger partial charge in [-0.15, -0.1) is 0 Å². The molecule has 0 saturated carbocycles. The molecule has 0 saturated heterocycles. The average molecular weight is 225 g/mol. The van der Waals surface area contributed by atoms with Crippen molar-refractivity contribution in [1.29, 1.82) is 0 Å². The zero-order valence-electron chi connectivity index (χ0n) is 9.48. The minimum atomic E-state index is -0.481. The number of hydrogen-bond donors (Lipinski definition) is 1. The molecule has 0 radical (unpaired) electrons. The summed E-state index contributed by atoms with van der Waals surface area (Å²) in [5.41, 5.74) is 0.650. The number of carbonyl (C=O) groups is 1. The maximum atomic E-state index is 12.7. The molecule has 4 heteroatoms. The van der Waals surface area contributed by atoms with E-state index in [0.717, 1.165) is 0 Å². The Morgan fingerprint density at radius 3 is 2.50 bits per heavy atom. The van der Waals surface area contributed by atoms with E-state index < -0.39 is 6.10 Å². The second-order valence-electron chi connectivity index (χ2n) is 3.82. The van der Waals surface area contributed by atoms with Crippen LogP contribution in [0.4, 0.5) is 10.1 Å². The number of benzene rings is 1. The third kappa shape index (κ3) is 3.62. The summed E-state index contributed by atoms with van der Waals surface area (Å²) in [6.07, 6.45) is 0.237. The highest BCUT2D eigenvalue weighted by atomic mass is 19.1. The van der Waals surface area contributed by atoms with E-state index in [0.29, 0.717) is 12.1 Å². The number of nitrogens with zero attached hydrogens (tertiary/aromatic N) is 1. The summed E-state index contributed by atoms with van der Waals surface area (Å²) < 4.78 is 12.7. The minimum absolute atomic E-state index is 0.0903. The molecule has 0 bridgehead atoms. The Labute approximate surface area is 94.5 Å². The number of halogens is 1. The van der Waals surface area contributed by atoms with Gasteiger partial charge in [0.2, 0.25) is 5.91 Å². The third-order valence-electron chi connectivity index (χ3n) is 2.36. The van der Waals surface area contributed by atoms with Crippen molar-refractivity contribution in [2.45, 2.75) is 25.9 Å². The summed E-state index contributed by atoms with van der Waals surface area (Å²) in [6.45, 7) is 1.64. The van der Waals surface area contributed by atoms with E-state index in [9.17, 15) is 9.18 Å². The van der Waals surface area contributed by atoms with E-state index in [-0.39, 0.29) is 18.1 Å². The molecule has 0 fully saturated rings. The number of amides is 1. The number of rotatable bonds is 4. The van der Waals surface area contributed by atoms with Crippen LogP contribution in [0.15, 0.2) is 24.3 Å². The van der Waals surface area contributed by atoms with E-state index in [1.165, 1.54) is 17.0 Å². The summed E-state index contributed by atoms with van der Waals surface area (Å²) in [6, 6.07) is 5.73. The number of aliphatic hydroxyl groups is 1. The average Bonchev–Trinajstić information content (AvgIpc) is 2.26. The molecular formula is C12H16FNO2. The van der Waals surface area contributed by atoms with Crippen LogP contribution in [0.5, 0.6) is 0 Å². The zero-order valence-corrected chi connectivity index (χ0v) is 9.48. The number of anilines is 1. The molecule has 1 atom stereocenters. The summed E-state index contributed by atoms with van der Waals surface area (Å²) in [4.78, 5) is 13.1. The topological polar surface area (TPSA) is 40.5 Å². The fraction of sp³-hybridized carbons (Fsp3) is 0.417. The molecule has 0 aliphatic heterocycles. The lowest BCUT2D eigenvalue weighted by molar-refractivity contribution is -0.118. The van der Waals surface area contributed by atoms with E-state index in [4.69, 9.17) is 5.11 Å². The van der Waals surface area contributed by atoms with Crippen molar-refractivity contribution in [3.05, 3.63) is 30.1 Å². The number of aliphatic hydroxyl groups excluding tert-OH is 1. The Morgan fingerprint density at radius 2 is 2.00 bits per heavy atom. The highest BCUT2D eigenvalue weighted by Crippen LogP contribution is 2.14. The standard InChI is InChI=1S/C12H16FNO2/c1-9(15)3-8-12(16)14(2)11-6-4-10(13)5-7-11/h4-7,9,15H,3,8H2,1-2H3. The quantitative estimate of drug-likeness (QED) is 0.850. The summed E-state index contributed by atoms with van der Waals surface area (Å²) in [5, 5.41) is 9.07. The molecule has 16 heavy (non-hydrogen) atoms. The molecule has 1 amide bonds. The normalized spacial score (nSPS) is 12.2. The Hall–Kier alpha value is -1.42. The van der Waals surface area contributed by atoms with Gasteiger partial charge in [-0.2, -0.15) is 0 Å². The number of hydrogen-bond acceptors (Lipinski definition) is 2. The Kier molecular flexibility index (Phi) is 4.43. The zero-order chi connectivity index (χ0) is 12.1. The molecule has 0 spiro atoms. The van der Waals surface area contributed by atoms with Crippen molar-refractivity contribution in [3.8, 4) is 0 Å². The van der Waals surface area contributed by atoms with Crippen LogP contribution < -0.4 is 4.90 Å². The summed E-state index contributed by atoms with van der Waals surface area (Å²) >= 11 is 0. The Balaban J connectivity index is 2.59. The van der Waals surface area contributed by atoms with Crippen LogP contribution in [0, 0.1) is 5.82 Å². The van der Waals surface area contributed by atoms with Crippen LogP contribution in [-0.4, -0.2) is 24.2 Å². The van der Waals surface area contributed by atoms with Gasteiger partial charge in [0.1, 0.15) is 5.82 Å². The van der Waals surface area contributed by atoms with Gasteiger partial charge < -0.3 is 10.0 Å². The maximum Gasteiger partial charge on any atom is 0.226 e. The highest BCUT2D eigenvalue weighted by molar-refractivity contribution is 5.92. The Bertz CT molecular complexity index is 349. The molecule has 0 heterocycles. The second-order valence-corrected chi connectivity index (χ2v) is 3.82. The minimum Gasteiger partial charge on any atom is -0.393 e. The fourth-order valence-electron chi connectivity index (χ4n) is 1.31. The molecule has 1 aromatic rings. The molecule has 1 unspecified atom stereocenters. The monoisotopic (exact) mass is 225 g/mol. The van der Waals surface area contributed by atoms with Gasteiger partial charge in [-0.3, -0.25) is 4.79 Å².